The second-order valence-electron chi connectivity index (χ2n) is 4.55. The minimum absolute atomic E-state index is 0.00522. The summed E-state index contributed by atoms with van der Waals surface area (Å²) in [5.74, 6) is -0.859. The van der Waals surface area contributed by atoms with Crippen molar-refractivity contribution in [3.63, 3.8) is 0 Å². The molecule has 2 saturated heterocycles. The zero-order valence-electron chi connectivity index (χ0n) is 9.61. The van der Waals surface area contributed by atoms with E-state index in [4.69, 9.17) is 19.7 Å². The summed E-state index contributed by atoms with van der Waals surface area (Å²) in [5, 5.41) is 23.1. The van der Waals surface area contributed by atoms with Crippen LogP contribution in [-0.4, -0.2) is 53.3 Å². The number of nitrogens with one attached hydrogen (secondary N) is 1. The lowest BCUT2D eigenvalue weighted by molar-refractivity contribution is -0.247. The standard InChI is InChI=1S/C9H16N3O5/c1-9(2)16-7-6(14)5(13)4(3-11-12-10)15-8(7)17-9/h4-8,10,13-14H,3H2,1-2H3/q+1/t4?,5?,6?,7-,8-/m1/s1. The average Bonchev–Trinajstić information content (AvgIpc) is 2.57. The van der Waals surface area contributed by atoms with Crippen LogP contribution in [0, 0.1) is 5.53 Å². The van der Waals surface area contributed by atoms with Crippen molar-refractivity contribution in [3.8, 4) is 0 Å². The fourth-order valence-electron chi connectivity index (χ4n) is 2.03. The Hall–Kier alpha value is -0.890. The highest BCUT2D eigenvalue weighted by Gasteiger charge is 2.53. The number of hydrogen-bond donors (Lipinski definition) is 3. The molecule has 0 saturated carbocycles. The first kappa shape index (κ1) is 12.6. The number of aliphatic hydroxyl groups excluding tert-OH is 2. The minimum atomic E-state index is -1.14. The highest BCUT2D eigenvalue weighted by molar-refractivity contribution is 4.94. The van der Waals surface area contributed by atoms with Gasteiger partial charge in [0.2, 0.25) is 4.91 Å². The van der Waals surface area contributed by atoms with Crippen LogP contribution in [0.15, 0.2) is 5.11 Å². The number of fused-ring (bicyclic) bond motifs is 1. The van der Waals surface area contributed by atoms with Crippen molar-refractivity contribution < 1.29 is 24.4 Å². The number of nitrogens with zero attached hydrogens (tertiary/aromatic N) is 2. The smallest absolute Gasteiger partial charge is 0.214 e. The first-order valence-corrected chi connectivity index (χ1v) is 5.35. The molecule has 0 aromatic rings. The van der Waals surface area contributed by atoms with Gasteiger partial charge in [-0.3, -0.25) is 0 Å². The molecule has 2 heterocycles. The van der Waals surface area contributed by atoms with Crippen LogP contribution in [0.25, 0.3) is 0 Å². The lowest BCUT2D eigenvalue weighted by Gasteiger charge is -2.36. The summed E-state index contributed by atoms with van der Waals surface area (Å²) in [6, 6.07) is 0. The van der Waals surface area contributed by atoms with Crippen molar-refractivity contribution >= 4 is 0 Å². The lowest BCUT2D eigenvalue weighted by atomic mass is 9.99. The molecule has 0 spiro atoms. The van der Waals surface area contributed by atoms with Crippen LogP contribution in [0.3, 0.4) is 0 Å². The highest BCUT2D eigenvalue weighted by Crippen LogP contribution is 2.36. The molecule has 3 N–H and O–H groups in total. The SMILES string of the molecule is CC1(C)O[C@H]2OC(CN=[N+]=N)C(O)C(O)[C@H]2O1. The van der Waals surface area contributed by atoms with Gasteiger partial charge in [0, 0.05) is 0 Å². The fourth-order valence-corrected chi connectivity index (χ4v) is 2.03. The molecule has 8 heteroatoms. The van der Waals surface area contributed by atoms with Gasteiger partial charge in [-0.05, 0) is 13.8 Å². The number of hydrogen-bond acceptors (Lipinski definition) is 7. The molecule has 8 nitrogen and oxygen atoms in total. The van der Waals surface area contributed by atoms with Gasteiger partial charge >= 0.3 is 0 Å². The Morgan fingerprint density at radius 3 is 2.65 bits per heavy atom. The van der Waals surface area contributed by atoms with Crippen molar-refractivity contribution in [1.29, 1.82) is 5.53 Å². The van der Waals surface area contributed by atoms with Gasteiger partial charge in [-0.1, -0.05) is 0 Å². The summed E-state index contributed by atoms with van der Waals surface area (Å²) in [6.07, 6.45) is -4.46. The molecule has 0 amide bonds. The van der Waals surface area contributed by atoms with E-state index in [0.717, 1.165) is 0 Å². The molecule has 5 atom stereocenters. The molecular weight excluding hydrogens is 230 g/mol. The van der Waals surface area contributed by atoms with Gasteiger partial charge < -0.3 is 24.4 Å². The van der Waals surface area contributed by atoms with Crippen molar-refractivity contribution in [2.24, 2.45) is 5.11 Å². The average molecular weight is 246 g/mol. The second kappa shape index (κ2) is 4.41. The lowest BCUT2D eigenvalue weighted by Crippen LogP contribution is -2.57. The Kier molecular flexibility index (Phi) is 3.26. The van der Waals surface area contributed by atoms with Crippen LogP contribution in [-0.2, 0) is 14.2 Å². The van der Waals surface area contributed by atoms with Gasteiger partial charge in [0.1, 0.15) is 35.1 Å². The Morgan fingerprint density at radius 1 is 1.29 bits per heavy atom. The van der Waals surface area contributed by atoms with E-state index < -0.39 is 36.5 Å². The molecule has 0 aromatic carbocycles. The molecule has 0 aromatic heterocycles. The van der Waals surface area contributed by atoms with E-state index in [1.54, 1.807) is 13.8 Å². The first-order valence-electron chi connectivity index (χ1n) is 5.35. The Morgan fingerprint density at radius 2 is 2.00 bits per heavy atom. The third-order valence-corrected chi connectivity index (χ3v) is 2.80. The van der Waals surface area contributed by atoms with Gasteiger partial charge in [0.25, 0.3) is 0 Å². The van der Waals surface area contributed by atoms with Gasteiger partial charge in [-0.2, -0.15) is 0 Å². The molecular formula is C9H16N3O5+. The molecule has 0 radical (unpaired) electrons. The first-order chi connectivity index (χ1) is 7.94. The van der Waals surface area contributed by atoms with Crippen LogP contribution in [0.2, 0.25) is 0 Å². The van der Waals surface area contributed by atoms with E-state index in [9.17, 15) is 10.2 Å². The topological polar surface area (TPSA) is 118 Å². The molecule has 2 aliphatic rings. The third kappa shape index (κ3) is 2.37. The zero-order valence-corrected chi connectivity index (χ0v) is 9.61. The summed E-state index contributed by atoms with van der Waals surface area (Å²) in [7, 11) is 0. The predicted octanol–water partition coefficient (Wildman–Crippen LogP) is -0.865. The van der Waals surface area contributed by atoms with Crippen molar-refractivity contribution in [2.45, 2.75) is 50.3 Å². The summed E-state index contributed by atoms with van der Waals surface area (Å²) in [6.45, 7) is 3.40. The Labute approximate surface area is 97.7 Å². The quantitative estimate of drug-likeness (QED) is 0.432. The molecule has 2 rings (SSSR count). The van der Waals surface area contributed by atoms with E-state index in [1.807, 2.05) is 0 Å². The second-order valence-corrected chi connectivity index (χ2v) is 4.55. The maximum Gasteiger partial charge on any atom is 0.214 e. The van der Waals surface area contributed by atoms with E-state index >= 15 is 0 Å². The summed E-state index contributed by atoms with van der Waals surface area (Å²) in [4.78, 5) is 2.83. The normalized spacial score (nSPS) is 43.9. The van der Waals surface area contributed by atoms with Gasteiger partial charge in [0.05, 0.1) is 0 Å². The molecule has 0 aliphatic carbocycles. The molecule has 0 bridgehead atoms. The number of rotatable bonds is 2. The van der Waals surface area contributed by atoms with Gasteiger partial charge in [-0.25, -0.2) is 0 Å². The molecule has 2 aliphatic heterocycles. The van der Waals surface area contributed by atoms with Crippen molar-refractivity contribution in [2.75, 3.05) is 6.54 Å². The molecule has 17 heavy (non-hydrogen) atoms. The van der Waals surface area contributed by atoms with E-state index in [1.165, 1.54) is 0 Å². The number of ether oxygens (including phenoxy) is 3. The Bertz CT molecular complexity index is 344. The van der Waals surface area contributed by atoms with Crippen LogP contribution in [0.5, 0.6) is 0 Å². The van der Waals surface area contributed by atoms with E-state index in [2.05, 4.69) is 10.0 Å². The predicted molar refractivity (Wildman–Crippen MR) is 52.9 cm³/mol. The van der Waals surface area contributed by atoms with Crippen LogP contribution >= 0.6 is 0 Å². The van der Waals surface area contributed by atoms with Crippen LogP contribution in [0.1, 0.15) is 13.8 Å². The zero-order chi connectivity index (χ0) is 12.6. The maximum atomic E-state index is 9.90. The summed E-state index contributed by atoms with van der Waals surface area (Å²) < 4.78 is 16.3. The van der Waals surface area contributed by atoms with E-state index in [-0.39, 0.29) is 6.54 Å². The minimum Gasteiger partial charge on any atom is -0.388 e. The molecule has 96 valence electrons. The highest BCUT2D eigenvalue weighted by atomic mass is 16.8. The monoisotopic (exact) mass is 246 g/mol. The van der Waals surface area contributed by atoms with Gasteiger partial charge in [0.15, 0.2) is 18.6 Å². The van der Waals surface area contributed by atoms with E-state index in [0.29, 0.717) is 0 Å². The van der Waals surface area contributed by atoms with Crippen LogP contribution < -0.4 is 4.91 Å². The van der Waals surface area contributed by atoms with Crippen molar-refractivity contribution in [1.82, 2.24) is 4.91 Å². The number of aliphatic hydroxyl groups is 2. The maximum absolute atomic E-state index is 9.90. The summed E-state index contributed by atoms with van der Waals surface area (Å²) in [5.41, 5.74) is 6.55. The summed E-state index contributed by atoms with van der Waals surface area (Å²) >= 11 is 0. The third-order valence-electron chi connectivity index (χ3n) is 2.80. The molecule has 2 fully saturated rings. The molecule has 3 unspecified atom stereocenters. The van der Waals surface area contributed by atoms with Crippen LogP contribution in [0.4, 0.5) is 0 Å². The largest absolute Gasteiger partial charge is 0.388 e. The Balaban J connectivity index is 2.10. The fraction of sp³-hybridized carbons (Fsp3) is 1.00. The van der Waals surface area contributed by atoms with Crippen molar-refractivity contribution in [3.05, 3.63) is 0 Å². The van der Waals surface area contributed by atoms with Gasteiger partial charge in [-0.15, -0.1) is 0 Å².